The number of benzene rings is 1. The summed E-state index contributed by atoms with van der Waals surface area (Å²) in [5.41, 5.74) is 0.755. The lowest BCUT2D eigenvalue weighted by Crippen LogP contribution is -2.45. The molecule has 1 aromatic carbocycles. The molecule has 1 aliphatic heterocycles. The number of nitrogens with zero attached hydrogens (tertiary/aromatic N) is 3. The second-order valence-corrected chi connectivity index (χ2v) is 7.47. The van der Waals surface area contributed by atoms with E-state index < -0.39 is 0 Å². The van der Waals surface area contributed by atoms with Crippen molar-refractivity contribution in [2.75, 3.05) is 12.5 Å². The molecule has 0 unspecified atom stereocenters. The summed E-state index contributed by atoms with van der Waals surface area (Å²) < 4.78 is 16.4. The quantitative estimate of drug-likeness (QED) is 0.630. The first-order chi connectivity index (χ1) is 13.0. The van der Waals surface area contributed by atoms with Gasteiger partial charge in [-0.05, 0) is 44.9 Å². The minimum Gasteiger partial charge on any atom is -0.454 e. The Balaban J connectivity index is 1.64. The van der Waals surface area contributed by atoms with Crippen molar-refractivity contribution < 1.29 is 18.7 Å². The molecule has 27 heavy (non-hydrogen) atoms. The second kappa shape index (κ2) is 8.65. The van der Waals surface area contributed by atoms with Gasteiger partial charge in [0.25, 0.3) is 5.22 Å². The molecule has 8 heteroatoms. The van der Waals surface area contributed by atoms with Gasteiger partial charge in [-0.1, -0.05) is 25.6 Å². The van der Waals surface area contributed by atoms with E-state index in [9.17, 15) is 4.79 Å². The van der Waals surface area contributed by atoms with Gasteiger partial charge in [0, 0.05) is 17.6 Å². The van der Waals surface area contributed by atoms with Gasteiger partial charge in [0.05, 0.1) is 5.75 Å². The molecule has 0 N–H and O–H groups in total. The summed E-state index contributed by atoms with van der Waals surface area (Å²) in [4.78, 5) is 14.7. The molecule has 0 saturated carbocycles. The Labute approximate surface area is 163 Å². The van der Waals surface area contributed by atoms with Crippen molar-refractivity contribution in [2.45, 2.75) is 57.8 Å². The number of fused-ring (bicyclic) bond motifs is 1. The lowest BCUT2D eigenvalue weighted by Gasteiger charge is -2.33. The van der Waals surface area contributed by atoms with Gasteiger partial charge in [0.15, 0.2) is 11.5 Å². The zero-order chi connectivity index (χ0) is 19.4. The Morgan fingerprint density at radius 1 is 1.15 bits per heavy atom. The highest BCUT2D eigenvalue weighted by atomic mass is 32.2. The van der Waals surface area contributed by atoms with Crippen molar-refractivity contribution in [1.29, 1.82) is 0 Å². The van der Waals surface area contributed by atoms with E-state index in [1.807, 2.05) is 23.1 Å². The molecule has 0 saturated heterocycles. The lowest BCUT2D eigenvalue weighted by molar-refractivity contribution is -0.132. The van der Waals surface area contributed by atoms with Crippen LogP contribution >= 0.6 is 11.8 Å². The van der Waals surface area contributed by atoms with Crippen molar-refractivity contribution in [3.8, 4) is 23.0 Å². The smallest absolute Gasteiger partial charge is 0.277 e. The first-order valence-corrected chi connectivity index (χ1v) is 10.2. The van der Waals surface area contributed by atoms with Gasteiger partial charge < -0.3 is 18.8 Å². The lowest BCUT2D eigenvalue weighted by atomic mass is 10.1. The van der Waals surface area contributed by atoms with Gasteiger partial charge >= 0.3 is 0 Å². The summed E-state index contributed by atoms with van der Waals surface area (Å²) in [6.07, 6.45) is 1.85. The van der Waals surface area contributed by atoms with E-state index in [0.29, 0.717) is 22.6 Å². The summed E-state index contributed by atoms with van der Waals surface area (Å²) in [5.74, 6) is 2.12. The van der Waals surface area contributed by atoms with Crippen molar-refractivity contribution in [3.63, 3.8) is 0 Å². The molecule has 0 radical (unpaired) electrons. The summed E-state index contributed by atoms with van der Waals surface area (Å²) >= 11 is 1.27. The molecule has 1 aromatic heterocycles. The van der Waals surface area contributed by atoms with E-state index in [-0.39, 0.29) is 30.5 Å². The number of ether oxygens (including phenoxy) is 2. The molecule has 2 heterocycles. The molecule has 0 spiro atoms. The molecule has 7 nitrogen and oxygen atoms in total. The summed E-state index contributed by atoms with van der Waals surface area (Å²) in [5, 5.41) is 8.51. The third-order valence-electron chi connectivity index (χ3n) is 4.76. The molecule has 0 aliphatic carbocycles. The third kappa shape index (κ3) is 4.37. The van der Waals surface area contributed by atoms with Crippen molar-refractivity contribution >= 4 is 17.7 Å². The van der Waals surface area contributed by atoms with Gasteiger partial charge in [-0.3, -0.25) is 4.79 Å². The number of rotatable bonds is 8. The normalized spacial score (nSPS) is 14.8. The fourth-order valence-corrected chi connectivity index (χ4v) is 3.56. The van der Waals surface area contributed by atoms with E-state index in [1.54, 1.807) is 0 Å². The number of hydrogen-bond donors (Lipinski definition) is 0. The van der Waals surface area contributed by atoms with Crippen LogP contribution in [0.4, 0.5) is 0 Å². The zero-order valence-corrected chi connectivity index (χ0v) is 16.9. The van der Waals surface area contributed by atoms with Crippen LogP contribution in [0, 0.1) is 0 Å². The number of carbonyl (C=O) groups excluding carboxylic acids is 1. The Kier molecular flexibility index (Phi) is 6.26. The van der Waals surface area contributed by atoms with Crippen LogP contribution in [0.25, 0.3) is 11.5 Å². The highest BCUT2D eigenvalue weighted by Crippen LogP contribution is 2.36. The predicted molar refractivity (Wildman–Crippen MR) is 103 cm³/mol. The number of amides is 1. The first-order valence-electron chi connectivity index (χ1n) is 9.20. The van der Waals surface area contributed by atoms with E-state index in [0.717, 1.165) is 18.4 Å². The Hall–Kier alpha value is -2.22. The van der Waals surface area contributed by atoms with Gasteiger partial charge in [0.1, 0.15) is 0 Å². The standard InChI is InChI=1S/C19H25N3O4S/c1-5-12(3)22(13(4)6-2)17(23)10-27-19-21-20-18(26-19)14-7-8-15-16(9-14)25-11-24-15/h7-9,12-13H,5-6,10-11H2,1-4H3/t12-,13-/m1/s1. The average Bonchev–Trinajstić information content (AvgIpc) is 3.34. The molecule has 2 atom stereocenters. The summed E-state index contributed by atoms with van der Waals surface area (Å²) in [6, 6.07) is 5.88. The largest absolute Gasteiger partial charge is 0.454 e. The zero-order valence-electron chi connectivity index (χ0n) is 16.1. The van der Waals surface area contributed by atoms with Crippen LogP contribution in [0.2, 0.25) is 0 Å². The van der Waals surface area contributed by atoms with Crippen LogP contribution in [0.1, 0.15) is 40.5 Å². The van der Waals surface area contributed by atoms with Crippen LogP contribution in [-0.2, 0) is 4.79 Å². The van der Waals surface area contributed by atoms with E-state index >= 15 is 0 Å². The van der Waals surface area contributed by atoms with Crippen molar-refractivity contribution in [1.82, 2.24) is 15.1 Å². The average molecular weight is 391 g/mol. The molecule has 0 fully saturated rings. The van der Waals surface area contributed by atoms with Crippen LogP contribution in [0.3, 0.4) is 0 Å². The number of hydrogen-bond acceptors (Lipinski definition) is 7. The molecule has 1 aliphatic rings. The SMILES string of the molecule is CC[C@@H](C)N(C(=O)CSc1nnc(-c2ccc3c(c2)OCO3)o1)[C@H](C)CC. The Morgan fingerprint density at radius 3 is 2.56 bits per heavy atom. The third-order valence-corrected chi connectivity index (χ3v) is 5.57. The van der Waals surface area contributed by atoms with Crippen LogP contribution in [0.15, 0.2) is 27.8 Å². The fraction of sp³-hybridized carbons (Fsp3) is 0.526. The Bertz CT molecular complexity index is 785. The van der Waals surface area contributed by atoms with Crippen molar-refractivity contribution in [2.24, 2.45) is 0 Å². The predicted octanol–water partition coefficient (Wildman–Crippen LogP) is 3.98. The summed E-state index contributed by atoms with van der Waals surface area (Å²) in [6.45, 7) is 8.57. The number of thioether (sulfide) groups is 1. The van der Waals surface area contributed by atoms with Crippen molar-refractivity contribution in [3.05, 3.63) is 18.2 Å². The molecule has 2 aromatic rings. The van der Waals surface area contributed by atoms with Gasteiger partial charge in [-0.15, -0.1) is 10.2 Å². The maximum Gasteiger partial charge on any atom is 0.277 e. The molecule has 1 amide bonds. The van der Waals surface area contributed by atoms with Crippen LogP contribution < -0.4 is 9.47 Å². The molecule has 0 bridgehead atoms. The fourth-order valence-electron chi connectivity index (χ4n) is 2.93. The number of aromatic nitrogens is 2. The molecule has 146 valence electrons. The first kappa shape index (κ1) is 19.5. The minimum absolute atomic E-state index is 0.0894. The highest BCUT2D eigenvalue weighted by molar-refractivity contribution is 7.99. The molecule has 3 rings (SSSR count). The van der Waals surface area contributed by atoms with E-state index in [2.05, 4.69) is 37.9 Å². The van der Waals surface area contributed by atoms with Crippen LogP contribution in [-0.4, -0.2) is 45.6 Å². The van der Waals surface area contributed by atoms with E-state index in [4.69, 9.17) is 13.9 Å². The number of carbonyl (C=O) groups is 1. The monoisotopic (exact) mass is 391 g/mol. The molecular formula is C19H25N3O4S. The second-order valence-electron chi connectivity index (χ2n) is 6.55. The topological polar surface area (TPSA) is 77.7 Å². The highest BCUT2D eigenvalue weighted by Gasteiger charge is 2.24. The summed E-state index contributed by atoms with van der Waals surface area (Å²) in [7, 11) is 0. The molecular weight excluding hydrogens is 366 g/mol. The van der Waals surface area contributed by atoms with Gasteiger partial charge in [0.2, 0.25) is 18.6 Å². The van der Waals surface area contributed by atoms with Gasteiger partial charge in [-0.25, -0.2) is 0 Å². The maximum atomic E-state index is 12.7. The maximum absolute atomic E-state index is 12.7. The van der Waals surface area contributed by atoms with Crippen LogP contribution in [0.5, 0.6) is 11.5 Å². The van der Waals surface area contributed by atoms with Gasteiger partial charge in [-0.2, -0.15) is 0 Å². The van der Waals surface area contributed by atoms with E-state index in [1.165, 1.54) is 11.8 Å². The minimum atomic E-state index is 0.0894. The Morgan fingerprint density at radius 2 is 1.85 bits per heavy atom.